The molecule has 0 saturated heterocycles. The lowest BCUT2D eigenvalue weighted by atomic mass is 10.0. The predicted octanol–water partition coefficient (Wildman–Crippen LogP) is 1.45. The van der Waals surface area contributed by atoms with Gasteiger partial charge in [-0.15, -0.1) is 0 Å². The maximum absolute atomic E-state index is 10.2. The van der Waals surface area contributed by atoms with Gasteiger partial charge in [0.15, 0.2) is 0 Å². The molecule has 0 aliphatic heterocycles. The quantitative estimate of drug-likeness (QED) is 0.581. The van der Waals surface area contributed by atoms with Crippen molar-refractivity contribution in [3.8, 4) is 0 Å². The highest BCUT2D eigenvalue weighted by Gasteiger charge is 2.10. The number of hydrogen-bond donors (Lipinski definition) is 1. The Morgan fingerprint density at radius 2 is 2.22 bits per heavy atom. The van der Waals surface area contributed by atoms with Crippen LogP contribution in [0.5, 0.6) is 0 Å². The average Bonchev–Trinajstić information content (AvgIpc) is 1.84. The highest BCUT2D eigenvalue weighted by molar-refractivity contribution is 5.73. The van der Waals surface area contributed by atoms with Crippen LogP contribution in [0, 0.1) is 5.92 Å². The van der Waals surface area contributed by atoms with Gasteiger partial charge in [-0.2, -0.15) is 0 Å². The fourth-order valence-corrected chi connectivity index (χ4v) is 0.335. The summed E-state index contributed by atoms with van der Waals surface area (Å²) in [5.41, 5.74) is 0.544. The summed E-state index contributed by atoms with van der Waals surface area (Å²) in [6.45, 7) is 8.47. The van der Waals surface area contributed by atoms with Crippen molar-refractivity contribution in [1.82, 2.24) is 0 Å². The second-order valence-electron chi connectivity index (χ2n) is 1.84. The average molecular weight is 126 g/mol. The molecular formula is C7H10O2. The van der Waals surface area contributed by atoms with Gasteiger partial charge >= 0.3 is 5.97 Å². The van der Waals surface area contributed by atoms with E-state index < -0.39 is 11.9 Å². The fourth-order valence-electron chi connectivity index (χ4n) is 0.335. The van der Waals surface area contributed by atoms with Crippen molar-refractivity contribution < 1.29 is 9.90 Å². The minimum absolute atomic E-state index is 0.512. The Morgan fingerprint density at radius 1 is 1.78 bits per heavy atom. The summed E-state index contributed by atoms with van der Waals surface area (Å²) in [7, 11) is 0. The molecule has 0 amide bonds. The largest absolute Gasteiger partial charge is 0.481 e. The molecule has 0 rings (SSSR count). The van der Waals surface area contributed by atoms with Crippen LogP contribution < -0.4 is 0 Å². The molecule has 0 aromatic rings. The van der Waals surface area contributed by atoms with Crippen molar-refractivity contribution in [3.05, 3.63) is 24.8 Å². The van der Waals surface area contributed by atoms with E-state index in [0.717, 1.165) is 0 Å². The molecule has 0 aliphatic rings. The Labute approximate surface area is 54.5 Å². The maximum atomic E-state index is 10.2. The summed E-state index contributed by atoms with van der Waals surface area (Å²) < 4.78 is 0. The minimum atomic E-state index is -0.861. The lowest BCUT2D eigenvalue weighted by Gasteiger charge is -2.02. The Bertz CT molecular complexity index is 147. The van der Waals surface area contributed by atoms with Crippen molar-refractivity contribution in [2.75, 3.05) is 0 Å². The molecule has 0 aliphatic carbocycles. The summed E-state index contributed by atoms with van der Waals surface area (Å²) in [4.78, 5) is 10.2. The number of carboxylic acids is 1. The molecule has 0 fully saturated rings. The first-order valence-corrected chi connectivity index (χ1v) is 2.63. The van der Waals surface area contributed by atoms with Crippen molar-refractivity contribution in [2.45, 2.75) is 6.92 Å². The molecule has 1 N–H and O–H groups in total. The van der Waals surface area contributed by atoms with Crippen LogP contribution in [-0.2, 0) is 4.79 Å². The molecule has 9 heavy (non-hydrogen) atoms. The first-order valence-electron chi connectivity index (χ1n) is 2.63. The summed E-state index contributed by atoms with van der Waals surface area (Å²) in [5.74, 6) is -1.37. The van der Waals surface area contributed by atoms with Gasteiger partial charge < -0.3 is 5.11 Å². The second kappa shape index (κ2) is 3.07. The van der Waals surface area contributed by atoms with Crippen LogP contribution in [0.3, 0.4) is 0 Å². The molecule has 2 nitrogen and oxygen atoms in total. The van der Waals surface area contributed by atoms with Gasteiger partial charge in [0.25, 0.3) is 0 Å². The fraction of sp³-hybridized carbons (Fsp3) is 0.286. The van der Waals surface area contributed by atoms with Gasteiger partial charge in [0, 0.05) is 0 Å². The van der Waals surface area contributed by atoms with E-state index >= 15 is 0 Å². The molecule has 50 valence electrons. The van der Waals surface area contributed by atoms with Crippen molar-refractivity contribution >= 4 is 5.97 Å². The maximum Gasteiger partial charge on any atom is 0.310 e. The predicted molar refractivity (Wildman–Crippen MR) is 36.1 cm³/mol. The van der Waals surface area contributed by atoms with Gasteiger partial charge in [0.2, 0.25) is 0 Å². The Balaban J connectivity index is 4.03. The van der Waals surface area contributed by atoms with Crippen LogP contribution in [0.25, 0.3) is 0 Å². The van der Waals surface area contributed by atoms with Gasteiger partial charge in [-0.1, -0.05) is 19.2 Å². The molecule has 0 aromatic carbocycles. The van der Waals surface area contributed by atoms with Gasteiger partial charge in [-0.3, -0.25) is 4.79 Å². The summed E-state index contributed by atoms with van der Waals surface area (Å²) in [6.07, 6.45) is 1.46. The number of aliphatic carboxylic acids is 1. The zero-order chi connectivity index (χ0) is 7.44. The summed E-state index contributed by atoms with van der Waals surface area (Å²) in [6, 6.07) is 0. The third-order valence-electron chi connectivity index (χ3n) is 1.19. The van der Waals surface area contributed by atoms with E-state index in [9.17, 15) is 4.79 Å². The SMILES string of the molecule is C=CC(=C)C(C)C(=O)O. The Kier molecular flexibility index (Phi) is 2.71. The molecule has 1 atom stereocenters. The van der Waals surface area contributed by atoms with E-state index in [1.807, 2.05) is 0 Å². The smallest absolute Gasteiger partial charge is 0.310 e. The van der Waals surface area contributed by atoms with E-state index in [1.54, 1.807) is 6.92 Å². The first kappa shape index (κ1) is 7.95. The van der Waals surface area contributed by atoms with Crippen LogP contribution >= 0.6 is 0 Å². The highest BCUT2D eigenvalue weighted by atomic mass is 16.4. The van der Waals surface area contributed by atoms with E-state index in [2.05, 4.69) is 13.2 Å². The lowest BCUT2D eigenvalue weighted by molar-refractivity contribution is -0.139. The van der Waals surface area contributed by atoms with Gasteiger partial charge in [0.1, 0.15) is 0 Å². The van der Waals surface area contributed by atoms with Crippen molar-refractivity contribution in [2.24, 2.45) is 5.92 Å². The van der Waals surface area contributed by atoms with Crippen LogP contribution in [0.1, 0.15) is 6.92 Å². The van der Waals surface area contributed by atoms with E-state index in [0.29, 0.717) is 5.57 Å². The molecule has 1 unspecified atom stereocenters. The standard InChI is InChI=1S/C7H10O2/c1-4-5(2)6(3)7(8)9/h4,6H,1-2H2,3H3,(H,8,9). The van der Waals surface area contributed by atoms with Crippen LogP contribution in [0.2, 0.25) is 0 Å². The molecular weight excluding hydrogens is 116 g/mol. The molecule has 0 spiro atoms. The van der Waals surface area contributed by atoms with Crippen molar-refractivity contribution in [1.29, 1.82) is 0 Å². The Hall–Kier alpha value is -1.05. The van der Waals surface area contributed by atoms with Crippen LogP contribution in [0.15, 0.2) is 24.8 Å². The molecule has 2 heteroatoms. The molecule has 0 saturated carbocycles. The van der Waals surface area contributed by atoms with Crippen LogP contribution in [-0.4, -0.2) is 11.1 Å². The third kappa shape index (κ3) is 2.13. The number of carboxylic acid groups (broad SMARTS) is 1. The first-order chi connectivity index (χ1) is 4.09. The topological polar surface area (TPSA) is 37.3 Å². The Morgan fingerprint density at radius 3 is 2.33 bits per heavy atom. The number of hydrogen-bond acceptors (Lipinski definition) is 1. The van der Waals surface area contributed by atoms with Crippen LogP contribution in [0.4, 0.5) is 0 Å². The highest BCUT2D eigenvalue weighted by Crippen LogP contribution is 2.07. The van der Waals surface area contributed by atoms with E-state index in [-0.39, 0.29) is 0 Å². The molecule has 0 heterocycles. The minimum Gasteiger partial charge on any atom is -0.481 e. The van der Waals surface area contributed by atoms with E-state index in [1.165, 1.54) is 6.08 Å². The molecule has 0 bridgehead atoms. The second-order valence-corrected chi connectivity index (χ2v) is 1.84. The molecule has 0 aromatic heterocycles. The third-order valence-corrected chi connectivity index (χ3v) is 1.19. The lowest BCUT2D eigenvalue weighted by Crippen LogP contribution is -2.09. The normalized spacial score (nSPS) is 12.1. The zero-order valence-corrected chi connectivity index (χ0v) is 5.42. The summed E-state index contributed by atoms with van der Waals surface area (Å²) in [5, 5.41) is 8.37. The molecule has 0 radical (unpaired) electrons. The monoisotopic (exact) mass is 126 g/mol. The van der Waals surface area contributed by atoms with E-state index in [4.69, 9.17) is 5.11 Å². The van der Waals surface area contributed by atoms with Gasteiger partial charge in [0.05, 0.1) is 5.92 Å². The summed E-state index contributed by atoms with van der Waals surface area (Å²) >= 11 is 0. The zero-order valence-electron chi connectivity index (χ0n) is 5.42. The number of rotatable bonds is 3. The van der Waals surface area contributed by atoms with Gasteiger partial charge in [-0.05, 0) is 12.5 Å². The van der Waals surface area contributed by atoms with Crippen molar-refractivity contribution in [3.63, 3.8) is 0 Å². The number of allylic oxidation sites excluding steroid dienone is 1. The van der Waals surface area contributed by atoms with Gasteiger partial charge in [-0.25, -0.2) is 0 Å². The number of carbonyl (C=O) groups is 1.